The number of benzene rings is 11. The van der Waals surface area contributed by atoms with Crippen LogP contribution in [0.4, 0.5) is 34.1 Å². The molecule has 0 atom stereocenters. The maximum Gasteiger partial charge on any atom is 0.0641 e. The molecule has 86 heavy (non-hydrogen) atoms. The van der Waals surface area contributed by atoms with Gasteiger partial charge in [-0.3, -0.25) is 0 Å². The van der Waals surface area contributed by atoms with E-state index in [1.54, 1.807) is 0 Å². The molecule has 418 valence electrons. The maximum atomic E-state index is 2.60. The molecule has 2 fully saturated rings. The van der Waals surface area contributed by atoms with Gasteiger partial charge in [-0.05, 0) is 168 Å². The van der Waals surface area contributed by atoms with Crippen LogP contribution in [-0.4, -0.2) is 8.80 Å². The molecule has 4 heterocycles. The molecule has 15 aromatic rings. The summed E-state index contributed by atoms with van der Waals surface area (Å²) in [6.07, 6.45) is 10.3. The van der Waals surface area contributed by atoms with Gasteiger partial charge in [0.2, 0.25) is 0 Å². The van der Waals surface area contributed by atoms with Crippen LogP contribution >= 0.6 is 0 Å². The average Bonchev–Trinajstić information content (AvgIpc) is 1.69. The Morgan fingerprint density at radius 3 is 1.09 bits per heavy atom. The third-order valence-corrected chi connectivity index (χ3v) is 20.2. The molecule has 4 heteroatoms. The van der Waals surface area contributed by atoms with E-state index < -0.39 is 0 Å². The minimum atomic E-state index is 0.426. The lowest BCUT2D eigenvalue weighted by molar-refractivity contribution is 0.723. The number of aromatic nitrogens is 2. The fourth-order valence-corrected chi connectivity index (χ4v) is 15.9. The summed E-state index contributed by atoms with van der Waals surface area (Å²) in [5, 5.41) is 10.1. The topological polar surface area (TPSA) is 15.3 Å². The van der Waals surface area contributed by atoms with Gasteiger partial charge in [-0.1, -0.05) is 199 Å². The lowest BCUT2D eigenvalue weighted by Gasteiger charge is -2.30. The first-order valence-electron chi connectivity index (χ1n) is 31.9. The van der Waals surface area contributed by atoms with Crippen molar-refractivity contribution in [2.45, 2.75) is 103 Å². The number of rotatable bonds is 12. The SMILES string of the molecule is CC(C)c1ccc(N(c2ccc(C3CCCC3)cc2-c2ccccc2)c2ccc3c4cc5c(cc4n4c6ccccc6c2c34)c2ccc(N(c3ccc(C(C)C)cc3)c3ccc(C4CCCC4)cc3-c3ccccc3)c3c4ccccc4n5c23)cc1. The molecule has 2 saturated carbocycles. The maximum absolute atomic E-state index is 2.60. The van der Waals surface area contributed by atoms with Gasteiger partial charge in [0, 0.05) is 65.6 Å². The Bertz CT molecular complexity index is 4730. The van der Waals surface area contributed by atoms with Crippen molar-refractivity contribution in [3.05, 3.63) is 253 Å². The van der Waals surface area contributed by atoms with E-state index >= 15 is 0 Å². The molecule has 0 aliphatic heterocycles. The third-order valence-electron chi connectivity index (χ3n) is 20.2. The van der Waals surface area contributed by atoms with Crippen LogP contribution in [0.5, 0.6) is 0 Å². The number of hydrogen-bond acceptors (Lipinski definition) is 2. The van der Waals surface area contributed by atoms with Crippen molar-refractivity contribution in [3.8, 4) is 22.3 Å². The highest BCUT2D eigenvalue weighted by Gasteiger charge is 2.31. The van der Waals surface area contributed by atoms with Crippen LogP contribution in [0.25, 0.3) is 98.4 Å². The summed E-state index contributed by atoms with van der Waals surface area (Å²) >= 11 is 0. The zero-order chi connectivity index (χ0) is 57.3. The molecule has 0 amide bonds. The standard InChI is InChI=1S/C82H70N4/c1-51(2)53-31-37-61(38-32-53)83(73-43-35-59(55-19-11-12-20-55)47-67(73)57-23-7-5-8-24-57)75-45-41-63-69-49-78-70(50-77(69)85-71-29-17-15-27-65(71)79(75)81(63)85)64-42-46-76(80-66-28-16-18-30-72(66)86(78)82(64)80)84(62-39-33-54(34-40-62)52(3)4)74-44-36-60(56-21-13-14-22-56)48-68(74)58-25-9-6-10-26-58/h5-10,15-18,23-52,55-56H,11-14,19-22H2,1-4H3. The number of anilines is 6. The lowest BCUT2D eigenvalue weighted by Crippen LogP contribution is -2.12. The van der Waals surface area contributed by atoms with Gasteiger partial charge < -0.3 is 18.6 Å². The average molecular weight is 1110 g/mol. The van der Waals surface area contributed by atoms with Gasteiger partial charge >= 0.3 is 0 Å². The second-order valence-corrected chi connectivity index (χ2v) is 25.7. The van der Waals surface area contributed by atoms with Crippen LogP contribution in [-0.2, 0) is 0 Å². The first-order valence-corrected chi connectivity index (χ1v) is 31.9. The van der Waals surface area contributed by atoms with Gasteiger partial charge in [0.25, 0.3) is 0 Å². The summed E-state index contributed by atoms with van der Waals surface area (Å²) in [7, 11) is 0. The summed E-state index contributed by atoms with van der Waals surface area (Å²) in [4.78, 5) is 5.16. The molecule has 0 spiro atoms. The van der Waals surface area contributed by atoms with Crippen LogP contribution in [0.2, 0.25) is 0 Å². The van der Waals surface area contributed by atoms with Crippen molar-refractivity contribution in [1.82, 2.24) is 8.80 Å². The smallest absolute Gasteiger partial charge is 0.0641 e. The van der Waals surface area contributed by atoms with E-state index in [-0.39, 0.29) is 0 Å². The van der Waals surface area contributed by atoms with Gasteiger partial charge in [0.05, 0.1) is 55.8 Å². The zero-order valence-electron chi connectivity index (χ0n) is 49.7. The van der Waals surface area contributed by atoms with Gasteiger partial charge in [0.15, 0.2) is 0 Å². The Morgan fingerprint density at radius 2 is 0.698 bits per heavy atom. The largest absolute Gasteiger partial charge is 0.309 e. The fourth-order valence-electron chi connectivity index (χ4n) is 15.9. The quantitative estimate of drug-likeness (QED) is 0.121. The summed E-state index contributed by atoms with van der Waals surface area (Å²) in [6, 6.07) is 88.9. The van der Waals surface area contributed by atoms with Crippen molar-refractivity contribution in [1.29, 1.82) is 0 Å². The van der Waals surface area contributed by atoms with Crippen LogP contribution < -0.4 is 9.80 Å². The Labute approximate surface area is 503 Å². The summed E-state index contributed by atoms with van der Waals surface area (Å²) in [6.45, 7) is 9.16. The van der Waals surface area contributed by atoms with Crippen molar-refractivity contribution in [2.24, 2.45) is 0 Å². The highest BCUT2D eigenvalue weighted by atomic mass is 15.2. The van der Waals surface area contributed by atoms with Crippen molar-refractivity contribution in [3.63, 3.8) is 0 Å². The van der Waals surface area contributed by atoms with Crippen molar-refractivity contribution in [2.75, 3.05) is 9.80 Å². The summed E-state index contributed by atoms with van der Waals surface area (Å²) < 4.78 is 5.20. The second-order valence-electron chi connectivity index (χ2n) is 25.7. The molecule has 2 aliphatic carbocycles. The van der Waals surface area contributed by atoms with E-state index in [1.807, 2.05) is 0 Å². The van der Waals surface area contributed by atoms with E-state index in [0.717, 1.165) is 11.4 Å². The first kappa shape index (κ1) is 51.1. The van der Waals surface area contributed by atoms with Crippen LogP contribution in [0.3, 0.4) is 0 Å². The normalized spacial score (nSPS) is 14.5. The summed E-state index contributed by atoms with van der Waals surface area (Å²) in [5.74, 6) is 2.04. The third kappa shape index (κ3) is 7.87. The van der Waals surface area contributed by atoms with E-state index in [0.29, 0.717) is 23.7 Å². The molecular weight excluding hydrogens is 1040 g/mol. The molecule has 0 N–H and O–H groups in total. The fraction of sp³-hybridized carbons (Fsp3) is 0.195. The van der Waals surface area contributed by atoms with Crippen molar-refractivity contribution >= 4 is 110 Å². The monoisotopic (exact) mass is 1110 g/mol. The Morgan fingerprint density at radius 1 is 0.326 bits per heavy atom. The number of nitrogens with zero attached hydrogens (tertiary/aromatic N) is 4. The number of para-hydroxylation sites is 2. The molecule has 0 saturated heterocycles. The Balaban J connectivity index is 0.912. The molecule has 17 rings (SSSR count). The zero-order valence-corrected chi connectivity index (χ0v) is 49.7. The Kier molecular flexibility index (Phi) is 12.0. The molecular formula is C82H70N4. The molecule has 0 bridgehead atoms. The predicted molar refractivity (Wildman–Crippen MR) is 367 cm³/mol. The van der Waals surface area contributed by atoms with Gasteiger partial charge in [-0.15, -0.1) is 0 Å². The van der Waals surface area contributed by atoms with Gasteiger partial charge in [0.1, 0.15) is 0 Å². The molecule has 11 aromatic carbocycles. The highest BCUT2D eigenvalue weighted by molar-refractivity contribution is 6.32. The van der Waals surface area contributed by atoms with E-state index in [9.17, 15) is 0 Å². The molecule has 4 aromatic heterocycles. The molecule has 0 radical (unpaired) electrons. The van der Waals surface area contributed by atoms with Crippen LogP contribution in [0, 0.1) is 0 Å². The van der Waals surface area contributed by atoms with Crippen LogP contribution in [0.1, 0.15) is 125 Å². The lowest BCUT2D eigenvalue weighted by atomic mass is 9.92. The predicted octanol–water partition coefficient (Wildman–Crippen LogP) is 23.8. The number of fused-ring (bicyclic) bond motifs is 12. The minimum absolute atomic E-state index is 0.426. The second kappa shape index (κ2) is 20.1. The molecule has 4 nitrogen and oxygen atoms in total. The summed E-state index contributed by atoms with van der Waals surface area (Å²) in [5.41, 5.74) is 25.1. The Hall–Kier alpha value is -9.38. The number of hydrogen-bond donors (Lipinski definition) is 0. The van der Waals surface area contributed by atoms with Gasteiger partial charge in [-0.2, -0.15) is 0 Å². The minimum Gasteiger partial charge on any atom is -0.309 e. The van der Waals surface area contributed by atoms with E-state index in [1.165, 1.54) is 195 Å². The van der Waals surface area contributed by atoms with Crippen LogP contribution in [0.15, 0.2) is 231 Å². The molecule has 0 unspecified atom stereocenters. The van der Waals surface area contributed by atoms with Crippen molar-refractivity contribution < 1.29 is 0 Å². The van der Waals surface area contributed by atoms with E-state index in [2.05, 4.69) is 277 Å². The van der Waals surface area contributed by atoms with Gasteiger partial charge in [-0.25, -0.2) is 0 Å². The molecule has 2 aliphatic rings. The first-order chi connectivity index (χ1) is 42.3. The van der Waals surface area contributed by atoms with E-state index in [4.69, 9.17) is 0 Å². The highest BCUT2D eigenvalue weighted by Crippen LogP contribution is 2.54.